The fourth-order valence-corrected chi connectivity index (χ4v) is 1.91. The van der Waals surface area contributed by atoms with Gasteiger partial charge in [0.1, 0.15) is 0 Å². The van der Waals surface area contributed by atoms with Gasteiger partial charge in [0.15, 0.2) is 5.96 Å². The van der Waals surface area contributed by atoms with Gasteiger partial charge in [0.2, 0.25) is 0 Å². The third kappa shape index (κ3) is 3.90. The number of carbonyl (C=O) groups excluding carboxylic acids is 1. The molecule has 0 radical (unpaired) electrons. The van der Waals surface area contributed by atoms with E-state index in [1.54, 1.807) is 48.8 Å². The third-order valence-electron chi connectivity index (χ3n) is 2.64. The first-order valence-electron chi connectivity index (χ1n) is 6.08. The van der Waals surface area contributed by atoms with E-state index < -0.39 is 5.91 Å². The van der Waals surface area contributed by atoms with E-state index in [-0.39, 0.29) is 5.96 Å². The highest BCUT2D eigenvalue weighted by Gasteiger charge is 2.12. The van der Waals surface area contributed by atoms with E-state index in [1.807, 2.05) is 6.07 Å². The van der Waals surface area contributed by atoms with Crippen LogP contribution in [0.2, 0.25) is 5.02 Å². The summed E-state index contributed by atoms with van der Waals surface area (Å²) in [6.45, 7) is 0. The van der Waals surface area contributed by atoms with Crippen molar-refractivity contribution in [3.63, 3.8) is 0 Å². The maximum atomic E-state index is 12.2. The van der Waals surface area contributed by atoms with Gasteiger partial charge in [0.05, 0.1) is 5.57 Å². The summed E-state index contributed by atoms with van der Waals surface area (Å²) >= 11 is 6.11. The molecule has 0 atom stereocenters. The number of hydrogen-bond donors (Lipinski definition) is 2. The highest BCUT2D eigenvalue weighted by Crippen LogP contribution is 2.23. The van der Waals surface area contributed by atoms with Crippen LogP contribution in [-0.4, -0.2) is 16.9 Å². The first kappa shape index (κ1) is 14.7. The molecule has 4 N–H and O–H groups in total. The molecule has 106 valence electrons. The summed E-state index contributed by atoms with van der Waals surface area (Å²) in [6.07, 6.45) is 4.80. The van der Waals surface area contributed by atoms with Gasteiger partial charge < -0.3 is 11.5 Å². The molecule has 1 aromatic carbocycles. The molecule has 0 aliphatic carbocycles. The third-order valence-corrected chi connectivity index (χ3v) is 2.98. The van der Waals surface area contributed by atoms with E-state index in [0.717, 1.165) is 0 Å². The van der Waals surface area contributed by atoms with E-state index in [1.165, 1.54) is 0 Å². The van der Waals surface area contributed by atoms with E-state index in [9.17, 15) is 4.79 Å². The standard InChI is InChI=1S/C15H13ClN4O/c16-13-6-2-1-4-10(13)8-12(14(21)20-15(17)18)11-5-3-7-19-9-11/h1-9H,(H4,17,18,20,21)/b12-8+. The summed E-state index contributed by atoms with van der Waals surface area (Å²) in [5.41, 5.74) is 12.1. The van der Waals surface area contributed by atoms with Gasteiger partial charge in [0, 0.05) is 23.0 Å². The topological polar surface area (TPSA) is 94.4 Å². The van der Waals surface area contributed by atoms with E-state index in [0.29, 0.717) is 21.7 Å². The zero-order valence-corrected chi connectivity index (χ0v) is 11.8. The SMILES string of the molecule is NC(N)=NC(=O)/C(=C/c1ccccc1Cl)c1cccnc1. The number of halogens is 1. The summed E-state index contributed by atoms with van der Waals surface area (Å²) in [7, 11) is 0. The second-order valence-corrected chi connectivity index (χ2v) is 4.57. The predicted octanol–water partition coefficient (Wildman–Crippen LogP) is 2.08. The van der Waals surface area contributed by atoms with Gasteiger partial charge in [0.25, 0.3) is 5.91 Å². The van der Waals surface area contributed by atoms with Crippen molar-refractivity contribution in [2.45, 2.75) is 0 Å². The van der Waals surface area contributed by atoms with Crippen LogP contribution in [0.15, 0.2) is 53.8 Å². The van der Waals surface area contributed by atoms with Crippen molar-refractivity contribution < 1.29 is 4.79 Å². The molecule has 1 amide bonds. The molecule has 5 nitrogen and oxygen atoms in total. The molecule has 6 heteroatoms. The molecule has 21 heavy (non-hydrogen) atoms. The average molecular weight is 301 g/mol. The largest absolute Gasteiger partial charge is 0.370 e. The summed E-state index contributed by atoms with van der Waals surface area (Å²) < 4.78 is 0. The minimum atomic E-state index is -0.553. The number of nitrogens with two attached hydrogens (primary N) is 2. The summed E-state index contributed by atoms with van der Waals surface area (Å²) in [5, 5.41) is 0.524. The quantitative estimate of drug-likeness (QED) is 0.515. The van der Waals surface area contributed by atoms with Crippen molar-refractivity contribution in [2.24, 2.45) is 16.5 Å². The smallest absolute Gasteiger partial charge is 0.280 e. The second-order valence-electron chi connectivity index (χ2n) is 4.16. The van der Waals surface area contributed by atoms with Crippen LogP contribution < -0.4 is 11.5 Å². The van der Waals surface area contributed by atoms with Crippen molar-refractivity contribution in [1.29, 1.82) is 0 Å². The second kappa shape index (κ2) is 6.67. The van der Waals surface area contributed by atoms with Gasteiger partial charge in [-0.15, -0.1) is 0 Å². The Morgan fingerprint density at radius 2 is 1.95 bits per heavy atom. The van der Waals surface area contributed by atoms with E-state index >= 15 is 0 Å². The first-order valence-corrected chi connectivity index (χ1v) is 6.46. The van der Waals surface area contributed by atoms with Crippen LogP contribution >= 0.6 is 11.6 Å². The van der Waals surface area contributed by atoms with Crippen molar-refractivity contribution in [1.82, 2.24) is 4.98 Å². The molecule has 0 unspecified atom stereocenters. The normalized spacial score (nSPS) is 11.0. The van der Waals surface area contributed by atoms with Crippen molar-refractivity contribution in [3.8, 4) is 0 Å². The van der Waals surface area contributed by atoms with E-state index in [2.05, 4.69) is 9.98 Å². The Bertz CT molecular complexity index is 707. The fourth-order valence-electron chi connectivity index (χ4n) is 1.72. The number of rotatable bonds is 3. The number of benzene rings is 1. The monoisotopic (exact) mass is 300 g/mol. The number of carbonyl (C=O) groups is 1. The lowest BCUT2D eigenvalue weighted by Crippen LogP contribution is -2.24. The number of nitrogens with zero attached hydrogens (tertiary/aromatic N) is 2. The number of hydrogen-bond acceptors (Lipinski definition) is 2. The van der Waals surface area contributed by atoms with Gasteiger partial charge >= 0.3 is 0 Å². The molecule has 0 saturated carbocycles. The summed E-state index contributed by atoms with van der Waals surface area (Å²) in [4.78, 5) is 19.8. The number of amides is 1. The molecule has 0 spiro atoms. The minimum absolute atomic E-state index is 0.297. The van der Waals surface area contributed by atoms with Gasteiger partial charge in [-0.25, -0.2) is 0 Å². The molecule has 0 aliphatic rings. The Kier molecular flexibility index (Phi) is 4.68. The van der Waals surface area contributed by atoms with Gasteiger partial charge in [-0.3, -0.25) is 9.78 Å². The predicted molar refractivity (Wildman–Crippen MR) is 84.4 cm³/mol. The number of aromatic nitrogens is 1. The fraction of sp³-hybridized carbons (Fsp3) is 0. The lowest BCUT2D eigenvalue weighted by Gasteiger charge is -2.05. The Balaban J connectivity index is 2.54. The van der Waals surface area contributed by atoms with Crippen molar-refractivity contribution >= 4 is 35.1 Å². The maximum absolute atomic E-state index is 12.2. The molecule has 1 aromatic heterocycles. The molecular formula is C15H13ClN4O. The van der Waals surface area contributed by atoms with Gasteiger partial charge in [-0.1, -0.05) is 35.9 Å². The highest BCUT2D eigenvalue weighted by atomic mass is 35.5. The minimum Gasteiger partial charge on any atom is -0.370 e. The molecule has 2 rings (SSSR count). The Morgan fingerprint density at radius 1 is 1.19 bits per heavy atom. The Hall–Kier alpha value is -2.66. The van der Waals surface area contributed by atoms with Gasteiger partial charge in [-0.2, -0.15) is 4.99 Å². The molecule has 0 aliphatic heterocycles. The van der Waals surface area contributed by atoms with Crippen molar-refractivity contribution in [3.05, 3.63) is 64.9 Å². The van der Waals surface area contributed by atoms with Crippen LogP contribution in [0, 0.1) is 0 Å². The molecule has 2 aromatic rings. The lowest BCUT2D eigenvalue weighted by atomic mass is 10.0. The first-order chi connectivity index (χ1) is 10.1. The molecule has 0 saturated heterocycles. The highest BCUT2D eigenvalue weighted by molar-refractivity contribution is 6.33. The molecule has 1 heterocycles. The van der Waals surface area contributed by atoms with Crippen LogP contribution in [0.5, 0.6) is 0 Å². The molecule has 0 bridgehead atoms. The van der Waals surface area contributed by atoms with Crippen LogP contribution in [0.25, 0.3) is 11.6 Å². The zero-order valence-electron chi connectivity index (χ0n) is 11.0. The van der Waals surface area contributed by atoms with Crippen LogP contribution in [0.4, 0.5) is 0 Å². The maximum Gasteiger partial charge on any atom is 0.280 e. The summed E-state index contributed by atoms with van der Waals surface area (Å²) in [5.74, 6) is -0.850. The Labute approximate surface area is 127 Å². The van der Waals surface area contributed by atoms with Crippen LogP contribution in [-0.2, 0) is 4.79 Å². The average Bonchev–Trinajstić information content (AvgIpc) is 2.46. The molecule has 0 fully saturated rings. The van der Waals surface area contributed by atoms with E-state index in [4.69, 9.17) is 23.1 Å². The van der Waals surface area contributed by atoms with Crippen LogP contribution in [0.3, 0.4) is 0 Å². The van der Waals surface area contributed by atoms with Crippen LogP contribution in [0.1, 0.15) is 11.1 Å². The number of aliphatic imine (C=N–C) groups is 1. The Morgan fingerprint density at radius 3 is 2.57 bits per heavy atom. The zero-order chi connectivity index (χ0) is 15.2. The number of pyridine rings is 1. The lowest BCUT2D eigenvalue weighted by molar-refractivity contribution is -0.112. The summed E-state index contributed by atoms with van der Waals surface area (Å²) in [6, 6.07) is 10.6. The van der Waals surface area contributed by atoms with Crippen molar-refractivity contribution in [2.75, 3.05) is 0 Å². The number of guanidine groups is 1. The van der Waals surface area contributed by atoms with Gasteiger partial charge in [-0.05, 0) is 23.8 Å². The molecular weight excluding hydrogens is 288 g/mol.